The first kappa shape index (κ1) is 8.55. The summed E-state index contributed by atoms with van der Waals surface area (Å²) in [6.07, 6.45) is 0.556. The molecule has 1 aromatic carbocycles. The van der Waals surface area contributed by atoms with Crippen LogP contribution in [0, 0.1) is 4.91 Å². The predicted molar refractivity (Wildman–Crippen MR) is 46.4 cm³/mol. The van der Waals surface area contributed by atoms with Gasteiger partial charge in [0.25, 0.3) is 0 Å². The van der Waals surface area contributed by atoms with Crippen LogP contribution in [0.2, 0.25) is 0 Å². The van der Waals surface area contributed by atoms with Crippen molar-refractivity contribution in [1.29, 1.82) is 0 Å². The Bertz CT molecular complexity index is 439. The SMILES string of the molecule is O=Cc1ccc(N=O)c2c1C(=O)OC2. The number of benzene rings is 1. The summed E-state index contributed by atoms with van der Waals surface area (Å²) in [5.41, 5.74) is 0.943. The standard InChI is InChI=1S/C9H5NO4/c11-3-5-1-2-7(10-13)6-4-14-9(12)8(5)6/h1-3H,4H2. The highest BCUT2D eigenvalue weighted by molar-refractivity contribution is 6.02. The first-order valence-corrected chi connectivity index (χ1v) is 3.89. The zero-order chi connectivity index (χ0) is 10.1. The lowest BCUT2D eigenvalue weighted by atomic mass is 10.0. The molecule has 0 unspecified atom stereocenters. The maximum atomic E-state index is 11.2. The third-order valence-electron chi connectivity index (χ3n) is 2.10. The Balaban J connectivity index is 2.74. The summed E-state index contributed by atoms with van der Waals surface area (Å²) >= 11 is 0. The Kier molecular flexibility index (Phi) is 1.85. The molecular formula is C9H5NO4. The number of carbonyl (C=O) groups excluding carboxylic acids is 2. The molecule has 70 valence electrons. The molecule has 0 saturated heterocycles. The molecular weight excluding hydrogens is 186 g/mol. The van der Waals surface area contributed by atoms with Gasteiger partial charge in [-0.1, -0.05) is 0 Å². The lowest BCUT2D eigenvalue weighted by molar-refractivity contribution is 0.0534. The fraction of sp³-hybridized carbons (Fsp3) is 0.111. The van der Waals surface area contributed by atoms with Crippen LogP contribution in [-0.4, -0.2) is 12.3 Å². The summed E-state index contributed by atoms with van der Waals surface area (Å²) < 4.78 is 4.71. The number of fused-ring (bicyclic) bond motifs is 1. The van der Waals surface area contributed by atoms with Gasteiger partial charge in [0, 0.05) is 11.1 Å². The van der Waals surface area contributed by atoms with Gasteiger partial charge in [0.05, 0.1) is 5.56 Å². The second kappa shape index (κ2) is 3.02. The van der Waals surface area contributed by atoms with E-state index in [9.17, 15) is 14.5 Å². The third-order valence-corrected chi connectivity index (χ3v) is 2.10. The average molecular weight is 191 g/mol. The van der Waals surface area contributed by atoms with Crippen molar-refractivity contribution in [3.05, 3.63) is 33.7 Å². The lowest BCUT2D eigenvalue weighted by Crippen LogP contribution is -1.99. The van der Waals surface area contributed by atoms with Crippen molar-refractivity contribution in [2.75, 3.05) is 0 Å². The van der Waals surface area contributed by atoms with E-state index in [1.807, 2.05) is 0 Å². The Morgan fingerprint density at radius 1 is 1.43 bits per heavy atom. The number of carbonyl (C=O) groups is 2. The molecule has 5 nitrogen and oxygen atoms in total. The Morgan fingerprint density at radius 3 is 2.86 bits per heavy atom. The van der Waals surface area contributed by atoms with E-state index in [0.717, 1.165) is 0 Å². The zero-order valence-corrected chi connectivity index (χ0v) is 7.02. The van der Waals surface area contributed by atoms with E-state index >= 15 is 0 Å². The molecule has 0 fully saturated rings. The summed E-state index contributed by atoms with van der Waals surface area (Å²) in [5.74, 6) is -0.576. The molecule has 0 amide bonds. The van der Waals surface area contributed by atoms with Crippen LogP contribution in [0.25, 0.3) is 0 Å². The molecule has 5 heteroatoms. The van der Waals surface area contributed by atoms with Gasteiger partial charge in [-0.3, -0.25) is 4.79 Å². The molecule has 1 aliphatic heterocycles. The van der Waals surface area contributed by atoms with Crippen LogP contribution in [-0.2, 0) is 11.3 Å². The van der Waals surface area contributed by atoms with Gasteiger partial charge in [-0.15, -0.1) is 4.91 Å². The molecule has 0 bridgehead atoms. The van der Waals surface area contributed by atoms with Crippen LogP contribution in [0.4, 0.5) is 5.69 Å². The summed E-state index contributed by atoms with van der Waals surface area (Å²) in [4.78, 5) is 32.2. The number of nitroso groups, excluding NO2 is 1. The van der Waals surface area contributed by atoms with Gasteiger partial charge < -0.3 is 4.74 Å². The minimum Gasteiger partial charge on any atom is -0.457 e. The minimum atomic E-state index is -0.576. The second-order valence-corrected chi connectivity index (χ2v) is 2.81. The van der Waals surface area contributed by atoms with E-state index in [0.29, 0.717) is 11.8 Å². The van der Waals surface area contributed by atoms with Crippen molar-refractivity contribution in [2.24, 2.45) is 5.18 Å². The number of hydrogen-bond acceptors (Lipinski definition) is 5. The van der Waals surface area contributed by atoms with E-state index in [1.165, 1.54) is 12.1 Å². The molecule has 2 rings (SSSR count). The van der Waals surface area contributed by atoms with Gasteiger partial charge in [-0.25, -0.2) is 4.79 Å². The van der Waals surface area contributed by atoms with E-state index < -0.39 is 5.97 Å². The van der Waals surface area contributed by atoms with Gasteiger partial charge in [0.1, 0.15) is 12.3 Å². The number of cyclic esters (lactones) is 1. The fourth-order valence-electron chi connectivity index (χ4n) is 1.44. The fourth-order valence-corrected chi connectivity index (χ4v) is 1.44. The Labute approximate surface area is 78.7 Å². The van der Waals surface area contributed by atoms with Crippen molar-refractivity contribution >= 4 is 17.9 Å². The van der Waals surface area contributed by atoms with Crippen molar-refractivity contribution in [3.8, 4) is 0 Å². The van der Waals surface area contributed by atoms with Crippen molar-refractivity contribution in [2.45, 2.75) is 6.61 Å². The molecule has 0 spiro atoms. The molecule has 1 heterocycles. The molecule has 0 aliphatic carbocycles. The maximum Gasteiger partial charge on any atom is 0.339 e. The van der Waals surface area contributed by atoms with Crippen molar-refractivity contribution < 1.29 is 14.3 Å². The number of aldehydes is 1. The van der Waals surface area contributed by atoms with Crippen LogP contribution in [0.15, 0.2) is 17.3 Å². The average Bonchev–Trinajstić information content (AvgIpc) is 2.60. The molecule has 0 N–H and O–H groups in total. The molecule has 0 radical (unpaired) electrons. The van der Waals surface area contributed by atoms with Crippen LogP contribution >= 0.6 is 0 Å². The number of rotatable bonds is 2. The van der Waals surface area contributed by atoms with Gasteiger partial charge in [-0.2, -0.15) is 0 Å². The monoisotopic (exact) mass is 191 g/mol. The van der Waals surface area contributed by atoms with Gasteiger partial charge in [0.2, 0.25) is 0 Å². The Hall–Kier alpha value is -2.04. The lowest BCUT2D eigenvalue weighted by Gasteiger charge is -1.98. The summed E-state index contributed by atoms with van der Waals surface area (Å²) in [7, 11) is 0. The predicted octanol–water partition coefficient (Wildman–Crippen LogP) is 1.57. The molecule has 0 aromatic heterocycles. The highest BCUT2D eigenvalue weighted by atomic mass is 16.5. The molecule has 1 aromatic rings. The van der Waals surface area contributed by atoms with Crippen LogP contribution in [0.5, 0.6) is 0 Å². The smallest absolute Gasteiger partial charge is 0.339 e. The molecule has 0 atom stereocenters. The number of ether oxygens (including phenoxy) is 1. The quantitative estimate of drug-likeness (QED) is 0.404. The van der Waals surface area contributed by atoms with Crippen LogP contribution in [0.1, 0.15) is 26.3 Å². The zero-order valence-electron chi connectivity index (χ0n) is 7.02. The highest BCUT2D eigenvalue weighted by Crippen LogP contribution is 2.31. The number of esters is 1. The maximum absolute atomic E-state index is 11.2. The minimum absolute atomic E-state index is 0.0108. The number of hydrogen-bond donors (Lipinski definition) is 0. The van der Waals surface area contributed by atoms with E-state index in [4.69, 9.17) is 4.74 Å². The Morgan fingerprint density at radius 2 is 2.21 bits per heavy atom. The van der Waals surface area contributed by atoms with Gasteiger partial charge in [-0.05, 0) is 17.3 Å². The van der Waals surface area contributed by atoms with Crippen LogP contribution in [0.3, 0.4) is 0 Å². The molecule has 0 saturated carbocycles. The second-order valence-electron chi connectivity index (χ2n) is 2.81. The highest BCUT2D eigenvalue weighted by Gasteiger charge is 2.27. The van der Waals surface area contributed by atoms with Gasteiger partial charge >= 0.3 is 5.97 Å². The normalized spacial score (nSPS) is 13.3. The first-order chi connectivity index (χ1) is 6.77. The van der Waals surface area contributed by atoms with Crippen LogP contribution < -0.4 is 0 Å². The van der Waals surface area contributed by atoms with E-state index in [2.05, 4.69) is 5.18 Å². The number of nitrogens with zero attached hydrogens (tertiary/aromatic N) is 1. The summed E-state index contributed by atoms with van der Waals surface area (Å²) in [6, 6.07) is 2.78. The third kappa shape index (κ3) is 1.02. The van der Waals surface area contributed by atoms with Crippen molar-refractivity contribution in [3.63, 3.8) is 0 Å². The first-order valence-electron chi connectivity index (χ1n) is 3.89. The summed E-state index contributed by atoms with van der Waals surface area (Å²) in [6.45, 7) is 0.0108. The molecule has 14 heavy (non-hydrogen) atoms. The van der Waals surface area contributed by atoms with E-state index in [1.54, 1.807) is 0 Å². The summed E-state index contributed by atoms with van der Waals surface area (Å²) in [5, 5.41) is 2.75. The molecule has 1 aliphatic rings. The van der Waals surface area contributed by atoms with Gasteiger partial charge in [0.15, 0.2) is 6.29 Å². The van der Waals surface area contributed by atoms with E-state index in [-0.39, 0.29) is 23.4 Å². The van der Waals surface area contributed by atoms with Crippen molar-refractivity contribution in [1.82, 2.24) is 0 Å². The topological polar surface area (TPSA) is 72.8 Å². The largest absolute Gasteiger partial charge is 0.457 e.